The maximum atomic E-state index is 10.4. The fourth-order valence-corrected chi connectivity index (χ4v) is 0.301. The summed E-state index contributed by atoms with van der Waals surface area (Å²) in [5, 5.41) is 25.3. The highest BCUT2D eigenvalue weighted by atomic mass is 16.7. The standard InChI is InChI=1S/C6H10O5/c1-3-5(7)11-4(2)6(8,9)10/h3-4,8-10H,1H2,2H3. The summed E-state index contributed by atoms with van der Waals surface area (Å²) in [5.41, 5.74) is 0. The van der Waals surface area contributed by atoms with Crippen molar-refractivity contribution >= 4 is 5.97 Å². The van der Waals surface area contributed by atoms with Crippen LogP contribution in [-0.4, -0.2) is 33.4 Å². The lowest BCUT2D eigenvalue weighted by Gasteiger charge is -2.21. The highest BCUT2D eigenvalue weighted by Gasteiger charge is 2.30. The van der Waals surface area contributed by atoms with E-state index in [4.69, 9.17) is 15.3 Å². The average Bonchev–Trinajstić information content (AvgIpc) is 1.85. The molecule has 0 bridgehead atoms. The Kier molecular flexibility index (Phi) is 3.18. The molecule has 0 saturated heterocycles. The maximum Gasteiger partial charge on any atom is 0.330 e. The first-order chi connectivity index (χ1) is 4.88. The van der Waals surface area contributed by atoms with Crippen LogP contribution >= 0.6 is 0 Å². The minimum Gasteiger partial charge on any atom is -0.451 e. The number of carbonyl (C=O) groups is 1. The van der Waals surface area contributed by atoms with Crippen molar-refractivity contribution in [3.8, 4) is 0 Å². The molecule has 11 heavy (non-hydrogen) atoms. The Balaban J connectivity index is 3.97. The Bertz CT molecular complexity index is 157. The van der Waals surface area contributed by atoms with E-state index in [9.17, 15) is 4.79 Å². The van der Waals surface area contributed by atoms with Crippen molar-refractivity contribution in [2.75, 3.05) is 0 Å². The van der Waals surface area contributed by atoms with Crippen LogP contribution in [-0.2, 0) is 9.53 Å². The highest BCUT2D eigenvalue weighted by molar-refractivity contribution is 5.81. The monoisotopic (exact) mass is 162 g/mol. The number of rotatable bonds is 3. The molecule has 0 amide bonds. The zero-order valence-corrected chi connectivity index (χ0v) is 6.02. The second-order valence-corrected chi connectivity index (χ2v) is 1.97. The third-order valence-electron chi connectivity index (χ3n) is 1.01. The zero-order chi connectivity index (χ0) is 9.07. The summed E-state index contributed by atoms with van der Waals surface area (Å²) in [7, 11) is 0. The smallest absolute Gasteiger partial charge is 0.330 e. The molecule has 5 heteroatoms. The molecule has 0 aromatic carbocycles. The Morgan fingerprint density at radius 2 is 2.09 bits per heavy atom. The predicted molar refractivity (Wildman–Crippen MR) is 35.1 cm³/mol. The normalized spacial score (nSPS) is 13.8. The van der Waals surface area contributed by atoms with Crippen LogP contribution in [0.25, 0.3) is 0 Å². The lowest BCUT2D eigenvalue weighted by Crippen LogP contribution is -2.42. The van der Waals surface area contributed by atoms with Crippen LogP contribution < -0.4 is 0 Å². The highest BCUT2D eigenvalue weighted by Crippen LogP contribution is 2.05. The van der Waals surface area contributed by atoms with Gasteiger partial charge in [-0.05, 0) is 6.92 Å². The van der Waals surface area contributed by atoms with Gasteiger partial charge in [0, 0.05) is 6.08 Å². The zero-order valence-electron chi connectivity index (χ0n) is 6.02. The van der Waals surface area contributed by atoms with Gasteiger partial charge in [-0.1, -0.05) is 6.58 Å². The van der Waals surface area contributed by atoms with Gasteiger partial charge in [0.15, 0.2) is 6.10 Å². The van der Waals surface area contributed by atoms with Crippen LogP contribution in [0, 0.1) is 0 Å². The number of aliphatic hydroxyl groups is 3. The molecule has 0 rings (SSSR count). The largest absolute Gasteiger partial charge is 0.451 e. The molecule has 0 aliphatic heterocycles. The van der Waals surface area contributed by atoms with E-state index < -0.39 is 18.0 Å². The minimum atomic E-state index is -3.00. The van der Waals surface area contributed by atoms with Crippen molar-refractivity contribution in [2.24, 2.45) is 0 Å². The molecule has 64 valence electrons. The summed E-state index contributed by atoms with van der Waals surface area (Å²) >= 11 is 0. The van der Waals surface area contributed by atoms with Gasteiger partial charge < -0.3 is 20.1 Å². The molecule has 1 unspecified atom stereocenters. The molecule has 0 aliphatic rings. The summed E-state index contributed by atoms with van der Waals surface area (Å²) in [4.78, 5) is 10.4. The van der Waals surface area contributed by atoms with Gasteiger partial charge in [-0.3, -0.25) is 0 Å². The SMILES string of the molecule is C=CC(=O)OC(C)C(O)(O)O. The first-order valence-corrected chi connectivity index (χ1v) is 2.88. The Hall–Kier alpha value is -0.910. The van der Waals surface area contributed by atoms with E-state index in [1.807, 2.05) is 0 Å². The fourth-order valence-electron chi connectivity index (χ4n) is 0.301. The van der Waals surface area contributed by atoms with Crippen LogP contribution in [0.2, 0.25) is 0 Å². The van der Waals surface area contributed by atoms with E-state index in [1.54, 1.807) is 0 Å². The van der Waals surface area contributed by atoms with E-state index in [1.165, 1.54) is 0 Å². The fraction of sp³-hybridized carbons (Fsp3) is 0.500. The van der Waals surface area contributed by atoms with Gasteiger partial charge in [-0.2, -0.15) is 0 Å². The van der Waals surface area contributed by atoms with Crippen molar-refractivity contribution in [3.05, 3.63) is 12.7 Å². The molecule has 0 radical (unpaired) electrons. The first-order valence-electron chi connectivity index (χ1n) is 2.88. The van der Waals surface area contributed by atoms with Gasteiger partial charge in [0.25, 0.3) is 0 Å². The molecule has 3 N–H and O–H groups in total. The topological polar surface area (TPSA) is 87.0 Å². The van der Waals surface area contributed by atoms with Gasteiger partial charge in [-0.25, -0.2) is 4.79 Å². The van der Waals surface area contributed by atoms with Crippen LogP contribution in [0.5, 0.6) is 0 Å². The molecule has 1 atom stereocenters. The molecule has 0 aromatic heterocycles. The average molecular weight is 162 g/mol. The number of ether oxygens (including phenoxy) is 1. The minimum absolute atomic E-state index is 0.834. The molecule has 0 aromatic rings. The quantitative estimate of drug-likeness (QED) is 0.274. The van der Waals surface area contributed by atoms with Crippen molar-refractivity contribution in [2.45, 2.75) is 19.0 Å². The van der Waals surface area contributed by atoms with Gasteiger partial charge in [0.05, 0.1) is 0 Å². The second kappa shape index (κ2) is 3.47. The molecule has 5 nitrogen and oxygen atoms in total. The Labute approximate surface area is 63.5 Å². The molecular formula is C6H10O5. The van der Waals surface area contributed by atoms with Crippen molar-refractivity contribution in [1.82, 2.24) is 0 Å². The van der Waals surface area contributed by atoms with Gasteiger partial charge in [-0.15, -0.1) is 0 Å². The van der Waals surface area contributed by atoms with E-state index in [2.05, 4.69) is 11.3 Å². The third kappa shape index (κ3) is 3.72. The number of carbonyl (C=O) groups excluding carboxylic acids is 1. The Morgan fingerprint density at radius 1 is 1.64 bits per heavy atom. The van der Waals surface area contributed by atoms with E-state index in [-0.39, 0.29) is 0 Å². The molecule has 0 aliphatic carbocycles. The van der Waals surface area contributed by atoms with E-state index >= 15 is 0 Å². The number of esters is 1. The van der Waals surface area contributed by atoms with Crippen molar-refractivity contribution in [1.29, 1.82) is 0 Å². The summed E-state index contributed by atoms with van der Waals surface area (Å²) < 4.78 is 4.26. The molecular weight excluding hydrogens is 152 g/mol. The maximum absolute atomic E-state index is 10.4. The summed E-state index contributed by atoms with van der Waals surface area (Å²) in [6.07, 6.45) is -0.560. The van der Waals surface area contributed by atoms with Crippen LogP contribution in [0.3, 0.4) is 0 Å². The molecule has 0 heterocycles. The molecule has 0 saturated carbocycles. The summed E-state index contributed by atoms with van der Waals surface area (Å²) in [6, 6.07) is 0. The first kappa shape index (κ1) is 10.1. The van der Waals surface area contributed by atoms with E-state index in [0.29, 0.717) is 0 Å². The second-order valence-electron chi connectivity index (χ2n) is 1.97. The summed E-state index contributed by atoms with van der Waals surface area (Å²) in [6.45, 7) is 4.20. The molecule has 0 fully saturated rings. The van der Waals surface area contributed by atoms with Crippen LogP contribution in [0.1, 0.15) is 6.92 Å². The van der Waals surface area contributed by atoms with Crippen molar-refractivity contribution < 1.29 is 24.9 Å². The van der Waals surface area contributed by atoms with E-state index in [0.717, 1.165) is 13.0 Å². The summed E-state index contributed by atoms with van der Waals surface area (Å²) in [5.74, 6) is -3.84. The van der Waals surface area contributed by atoms with Crippen LogP contribution in [0.15, 0.2) is 12.7 Å². The number of hydrogen-bond acceptors (Lipinski definition) is 5. The van der Waals surface area contributed by atoms with Crippen LogP contribution in [0.4, 0.5) is 0 Å². The van der Waals surface area contributed by atoms with Crippen molar-refractivity contribution in [3.63, 3.8) is 0 Å². The lowest BCUT2D eigenvalue weighted by molar-refractivity contribution is -0.351. The predicted octanol–water partition coefficient (Wildman–Crippen LogP) is -1.27. The molecule has 0 spiro atoms. The number of hydrogen-bond donors (Lipinski definition) is 3. The Morgan fingerprint density at radius 3 is 2.36 bits per heavy atom. The van der Waals surface area contributed by atoms with Gasteiger partial charge in [0.2, 0.25) is 0 Å². The third-order valence-corrected chi connectivity index (χ3v) is 1.01. The van der Waals surface area contributed by atoms with Gasteiger partial charge in [0.1, 0.15) is 0 Å². The lowest BCUT2D eigenvalue weighted by atomic mass is 10.3. The van der Waals surface area contributed by atoms with Gasteiger partial charge >= 0.3 is 11.9 Å².